The summed E-state index contributed by atoms with van der Waals surface area (Å²) in [5.74, 6) is 0.499. The normalized spacial score (nSPS) is 25.1. The van der Waals surface area contributed by atoms with Crippen molar-refractivity contribution in [2.24, 2.45) is 5.92 Å². The SMILES string of the molecule is CC1CCN(c2ccc(CO)cc2F)C(C)C1. The molecule has 0 bridgehead atoms. The van der Waals surface area contributed by atoms with Crippen molar-refractivity contribution in [2.45, 2.75) is 39.3 Å². The third kappa shape index (κ3) is 2.60. The summed E-state index contributed by atoms with van der Waals surface area (Å²) in [6.07, 6.45) is 2.23. The predicted octanol–water partition coefficient (Wildman–Crippen LogP) is 2.94. The van der Waals surface area contributed by atoms with Gasteiger partial charge in [0.1, 0.15) is 5.82 Å². The van der Waals surface area contributed by atoms with E-state index >= 15 is 0 Å². The molecule has 1 aliphatic rings. The Morgan fingerprint density at radius 3 is 2.76 bits per heavy atom. The number of rotatable bonds is 2. The molecule has 2 atom stereocenters. The van der Waals surface area contributed by atoms with Crippen LogP contribution in [0.1, 0.15) is 32.3 Å². The predicted molar refractivity (Wildman–Crippen MR) is 67.5 cm³/mol. The van der Waals surface area contributed by atoms with Crippen LogP contribution in [0.15, 0.2) is 18.2 Å². The molecule has 0 spiro atoms. The average molecular weight is 237 g/mol. The van der Waals surface area contributed by atoms with Crippen LogP contribution in [0, 0.1) is 11.7 Å². The van der Waals surface area contributed by atoms with Gasteiger partial charge in [-0.15, -0.1) is 0 Å². The molecule has 1 N–H and O–H groups in total. The first-order chi connectivity index (χ1) is 8.11. The number of nitrogens with zero attached hydrogens (tertiary/aromatic N) is 1. The second kappa shape index (κ2) is 5.05. The summed E-state index contributed by atoms with van der Waals surface area (Å²) in [4.78, 5) is 2.14. The molecule has 2 nitrogen and oxygen atoms in total. The van der Waals surface area contributed by atoms with Gasteiger partial charge in [-0.05, 0) is 43.4 Å². The van der Waals surface area contributed by atoms with E-state index in [4.69, 9.17) is 5.11 Å². The van der Waals surface area contributed by atoms with Crippen LogP contribution in [0.5, 0.6) is 0 Å². The Morgan fingerprint density at radius 2 is 2.18 bits per heavy atom. The summed E-state index contributed by atoms with van der Waals surface area (Å²) in [7, 11) is 0. The summed E-state index contributed by atoms with van der Waals surface area (Å²) in [5.41, 5.74) is 1.30. The highest BCUT2D eigenvalue weighted by atomic mass is 19.1. The number of halogens is 1. The fourth-order valence-corrected chi connectivity index (χ4v) is 2.65. The van der Waals surface area contributed by atoms with Crippen molar-refractivity contribution in [3.8, 4) is 0 Å². The quantitative estimate of drug-likeness (QED) is 0.855. The fourth-order valence-electron chi connectivity index (χ4n) is 2.65. The van der Waals surface area contributed by atoms with Gasteiger partial charge in [-0.2, -0.15) is 0 Å². The summed E-state index contributed by atoms with van der Waals surface area (Å²) in [5, 5.41) is 8.97. The van der Waals surface area contributed by atoms with Crippen LogP contribution in [0.2, 0.25) is 0 Å². The average Bonchev–Trinajstić information content (AvgIpc) is 2.30. The molecule has 1 aliphatic heterocycles. The smallest absolute Gasteiger partial charge is 0.146 e. The maximum atomic E-state index is 13.9. The summed E-state index contributed by atoms with van der Waals surface area (Å²) in [6.45, 7) is 5.20. The van der Waals surface area contributed by atoms with Gasteiger partial charge >= 0.3 is 0 Å². The lowest BCUT2D eigenvalue weighted by Crippen LogP contribution is -2.40. The van der Waals surface area contributed by atoms with Gasteiger partial charge in [0.2, 0.25) is 0 Å². The van der Waals surface area contributed by atoms with Crippen LogP contribution in [-0.2, 0) is 6.61 Å². The van der Waals surface area contributed by atoms with Gasteiger partial charge in [0, 0.05) is 12.6 Å². The zero-order valence-electron chi connectivity index (χ0n) is 10.5. The third-order valence-corrected chi connectivity index (χ3v) is 3.64. The van der Waals surface area contributed by atoms with Gasteiger partial charge in [-0.1, -0.05) is 13.0 Å². The number of anilines is 1. The Balaban J connectivity index is 2.22. The molecule has 1 aromatic rings. The van der Waals surface area contributed by atoms with Crippen LogP contribution in [0.25, 0.3) is 0 Å². The molecule has 94 valence electrons. The minimum Gasteiger partial charge on any atom is -0.392 e. The van der Waals surface area contributed by atoms with Gasteiger partial charge in [0.25, 0.3) is 0 Å². The maximum absolute atomic E-state index is 13.9. The van der Waals surface area contributed by atoms with Crippen molar-refractivity contribution in [1.82, 2.24) is 0 Å². The largest absolute Gasteiger partial charge is 0.392 e. The Hall–Kier alpha value is -1.09. The molecule has 1 heterocycles. The number of piperidine rings is 1. The maximum Gasteiger partial charge on any atom is 0.146 e. The lowest BCUT2D eigenvalue weighted by atomic mass is 9.93. The molecule has 0 aliphatic carbocycles. The van der Waals surface area contributed by atoms with E-state index in [1.54, 1.807) is 12.1 Å². The second-order valence-corrected chi connectivity index (χ2v) is 5.12. The van der Waals surface area contributed by atoms with E-state index in [1.165, 1.54) is 6.07 Å². The van der Waals surface area contributed by atoms with Crippen molar-refractivity contribution >= 4 is 5.69 Å². The van der Waals surface area contributed by atoms with Crippen LogP contribution < -0.4 is 4.90 Å². The standard InChI is InChI=1S/C14H20FNO/c1-10-5-6-16(11(2)7-10)14-4-3-12(9-17)8-13(14)15/h3-4,8,10-11,17H,5-7,9H2,1-2H3. The molecule has 3 heteroatoms. The lowest BCUT2D eigenvalue weighted by Gasteiger charge is -2.38. The highest BCUT2D eigenvalue weighted by Gasteiger charge is 2.24. The molecular formula is C14H20FNO. The van der Waals surface area contributed by atoms with Gasteiger partial charge < -0.3 is 10.0 Å². The van der Waals surface area contributed by atoms with Crippen molar-refractivity contribution in [3.05, 3.63) is 29.6 Å². The molecule has 1 aromatic carbocycles. The monoisotopic (exact) mass is 237 g/mol. The van der Waals surface area contributed by atoms with E-state index in [1.807, 2.05) is 0 Å². The van der Waals surface area contributed by atoms with E-state index in [2.05, 4.69) is 18.7 Å². The summed E-state index contributed by atoms with van der Waals surface area (Å²) < 4.78 is 13.9. The number of hydrogen-bond acceptors (Lipinski definition) is 2. The molecule has 1 saturated heterocycles. The first-order valence-corrected chi connectivity index (χ1v) is 6.27. The minimum atomic E-state index is -0.224. The van der Waals surface area contributed by atoms with Crippen LogP contribution in [0.4, 0.5) is 10.1 Å². The van der Waals surface area contributed by atoms with Crippen LogP contribution in [0.3, 0.4) is 0 Å². The minimum absolute atomic E-state index is 0.107. The highest BCUT2D eigenvalue weighted by molar-refractivity contribution is 5.50. The summed E-state index contributed by atoms with van der Waals surface area (Å²) in [6, 6.07) is 5.39. The van der Waals surface area contributed by atoms with E-state index < -0.39 is 0 Å². The van der Waals surface area contributed by atoms with E-state index in [0.29, 0.717) is 17.3 Å². The Labute approximate surface area is 102 Å². The van der Waals surface area contributed by atoms with Crippen molar-refractivity contribution < 1.29 is 9.50 Å². The third-order valence-electron chi connectivity index (χ3n) is 3.64. The molecular weight excluding hydrogens is 217 g/mol. The van der Waals surface area contributed by atoms with Crippen LogP contribution >= 0.6 is 0 Å². The number of aliphatic hydroxyl groups is 1. The molecule has 0 aromatic heterocycles. The first kappa shape index (κ1) is 12.4. The number of hydrogen-bond donors (Lipinski definition) is 1. The van der Waals surface area contributed by atoms with Crippen molar-refractivity contribution in [3.63, 3.8) is 0 Å². The van der Waals surface area contributed by atoms with Gasteiger partial charge in [0.05, 0.1) is 12.3 Å². The van der Waals surface area contributed by atoms with E-state index in [-0.39, 0.29) is 12.4 Å². The van der Waals surface area contributed by atoms with Gasteiger partial charge in [0.15, 0.2) is 0 Å². The molecule has 2 unspecified atom stereocenters. The fraction of sp³-hybridized carbons (Fsp3) is 0.571. The van der Waals surface area contributed by atoms with Crippen molar-refractivity contribution in [1.29, 1.82) is 0 Å². The molecule has 17 heavy (non-hydrogen) atoms. The lowest BCUT2D eigenvalue weighted by molar-refractivity contribution is 0.281. The first-order valence-electron chi connectivity index (χ1n) is 6.27. The molecule has 1 fully saturated rings. The Kier molecular flexibility index (Phi) is 3.67. The zero-order valence-corrected chi connectivity index (χ0v) is 10.5. The van der Waals surface area contributed by atoms with Gasteiger partial charge in [-0.3, -0.25) is 0 Å². The topological polar surface area (TPSA) is 23.5 Å². The number of aliphatic hydroxyl groups excluding tert-OH is 1. The van der Waals surface area contributed by atoms with E-state index in [9.17, 15) is 4.39 Å². The molecule has 2 rings (SSSR count). The van der Waals surface area contributed by atoms with Gasteiger partial charge in [-0.25, -0.2) is 4.39 Å². The molecule has 0 amide bonds. The highest BCUT2D eigenvalue weighted by Crippen LogP contribution is 2.29. The van der Waals surface area contributed by atoms with E-state index in [0.717, 1.165) is 25.3 Å². The second-order valence-electron chi connectivity index (χ2n) is 5.12. The zero-order chi connectivity index (χ0) is 12.4. The van der Waals surface area contributed by atoms with Crippen LogP contribution in [-0.4, -0.2) is 17.7 Å². The Morgan fingerprint density at radius 1 is 1.41 bits per heavy atom. The number of benzene rings is 1. The Bertz CT molecular complexity index is 394. The van der Waals surface area contributed by atoms with Crippen molar-refractivity contribution in [2.75, 3.05) is 11.4 Å². The molecule has 0 saturated carbocycles. The molecule has 0 radical (unpaired) electrons. The summed E-state index contributed by atoms with van der Waals surface area (Å²) >= 11 is 0.